The fourth-order valence-electron chi connectivity index (χ4n) is 7.79. The topological polar surface area (TPSA) is 71.1 Å². The molecule has 0 bridgehead atoms. The minimum Gasteiger partial charge on any atom is -0.497 e. The Hall–Kier alpha value is -3.02. The maximum absolute atomic E-state index is 13.0. The molecule has 2 aromatic rings. The van der Waals surface area contributed by atoms with Crippen molar-refractivity contribution in [3.05, 3.63) is 48.5 Å². The van der Waals surface area contributed by atoms with Crippen molar-refractivity contribution in [3.8, 4) is 23.0 Å². The smallest absolute Gasteiger partial charge is 0.318 e. The fraction of sp³-hybridized carbons (Fsp3) is 0.417. The molecular formula is C24H20O6. The molecule has 0 saturated heterocycles. The first-order valence-electron chi connectivity index (χ1n) is 10.3. The van der Waals surface area contributed by atoms with Crippen LogP contribution >= 0.6 is 0 Å². The number of methoxy groups -OCH3 is 2. The van der Waals surface area contributed by atoms with Crippen LogP contribution in [0.5, 0.6) is 23.0 Å². The number of ether oxygens (including phenoxy) is 4. The number of hydrogen-bond acceptors (Lipinski definition) is 6. The largest absolute Gasteiger partial charge is 0.497 e. The lowest BCUT2D eigenvalue weighted by molar-refractivity contribution is -0.182. The van der Waals surface area contributed by atoms with Crippen LogP contribution in [0.15, 0.2) is 48.5 Å². The van der Waals surface area contributed by atoms with Crippen molar-refractivity contribution in [2.24, 2.45) is 46.3 Å². The molecule has 0 atom stereocenters. The first-order chi connectivity index (χ1) is 14.6. The summed E-state index contributed by atoms with van der Waals surface area (Å²) in [5, 5.41) is 0. The van der Waals surface area contributed by atoms with E-state index in [1.165, 1.54) is 0 Å². The molecule has 6 fully saturated rings. The number of carbonyl (C=O) groups excluding carboxylic acids is 2. The summed E-state index contributed by atoms with van der Waals surface area (Å²) < 4.78 is 21.7. The van der Waals surface area contributed by atoms with Gasteiger partial charge < -0.3 is 18.9 Å². The standard InChI is InChI=1S/C24H20O6/c1-27-11-3-7-13(8-4-11)29-21(25)23-15-17(23)18-16-19(23)20(15)24(16,18)22(26)30-14-9-5-12(28-2)6-10-14/h3-10,15-20H,1-2H3. The Morgan fingerprint density at radius 3 is 1.10 bits per heavy atom. The molecule has 2 aromatic carbocycles. The minimum atomic E-state index is -0.331. The van der Waals surface area contributed by atoms with Crippen LogP contribution in [0.2, 0.25) is 0 Å². The third kappa shape index (κ3) is 1.53. The lowest BCUT2D eigenvalue weighted by Crippen LogP contribution is -2.61. The Balaban J connectivity index is 1.05. The van der Waals surface area contributed by atoms with Crippen LogP contribution in [-0.2, 0) is 9.59 Å². The highest BCUT2D eigenvalue weighted by Gasteiger charge is 3.13. The quantitative estimate of drug-likeness (QED) is 0.545. The molecule has 0 radical (unpaired) electrons. The van der Waals surface area contributed by atoms with Crippen LogP contribution < -0.4 is 18.9 Å². The van der Waals surface area contributed by atoms with Gasteiger partial charge in [-0.2, -0.15) is 0 Å². The summed E-state index contributed by atoms with van der Waals surface area (Å²) in [4.78, 5) is 26.0. The molecule has 6 heteroatoms. The first kappa shape index (κ1) is 16.7. The lowest BCUT2D eigenvalue weighted by atomic mass is 9.47. The van der Waals surface area contributed by atoms with Crippen molar-refractivity contribution in [1.29, 1.82) is 0 Å². The molecule has 0 heterocycles. The number of carbonyl (C=O) groups is 2. The van der Waals surface area contributed by atoms with Gasteiger partial charge in [0.1, 0.15) is 23.0 Å². The van der Waals surface area contributed by atoms with Crippen molar-refractivity contribution in [2.45, 2.75) is 0 Å². The molecule has 6 saturated carbocycles. The molecule has 30 heavy (non-hydrogen) atoms. The zero-order valence-corrected chi connectivity index (χ0v) is 16.5. The molecule has 0 N–H and O–H groups in total. The van der Waals surface area contributed by atoms with Gasteiger partial charge in [0.25, 0.3) is 0 Å². The fourth-order valence-corrected chi connectivity index (χ4v) is 7.79. The van der Waals surface area contributed by atoms with E-state index in [1.54, 1.807) is 62.8 Å². The van der Waals surface area contributed by atoms with Crippen LogP contribution in [0.1, 0.15) is 0 Å². The zero-order valence-electron chi connectivity index (χ0n) is 16.5. The van der Waals surface area contributed by atoms with Crippen molar-refractivity contribution in [1.82, 2.24) is 0 Å². The molecule has 0 aliphatic heterocycles. The maximum atomic E-state index is 13.0. The maximum Gasteiger partial charge on any atom is 0.318 e. The second-order valence-electron chi connectivity index (χ2n) is 9.15. The van der Waals surface area contributed by atoms with E-state index in [1.807, 2.05) is 0 Å². The predicted octanol–water partition coefficient (Wildman–Crippen LogP) is 2.95. The van der Waals surface area contributed by atoms with Crippen molar-refractivity contribution < 1.29 is 28.5 Å². The zero-order chi connectivity index (χ0) is 20.4. The van der Waals surface area contributed by atoms with E-state index in [9.17, 15) is 9.59 Å². The molecule has 0 spiro atoms. The Kier molecular flexibility index (Phi) is 2.79. The van der Waals surface area contributed by atoms with E-state index in [4.69, 9.17) is 18.9 Å². The summed E-state index contributed by atoms with van der Waals surface area (Å²) in [7, 11) is 3.20. The second kappa shape index (κ2) is 4.99. The van der Waals surface area contributed by atoms with Crippen LogP contribution in [-0.4, -0.2) is 26.2 Å². The van der Waals surface area contributed by atoms with E-state index in [0.717, 1.165) is 11.5 Å². The van der Waals surface area contributed by atoms with Gasteiger partial charge in [0.2, 0.25) is 0 Å². The van der Waals surface area contributed by atoms with Gasteiger partial charge in [-0.3, -0.25) is 9.59 Å². The second-order valence-corrected chi connectivity index (χ2v) is 9.15. The van der Waals surface area contributed by atoms with Crippen molar-refractivity contribution >= 4 is 11.9 Å². The van der Waals surface area contributed by atoms with Gasteiger partial charge in [-0.1, -0.05) is 0 Å². The Bertz CT molecular complexity index is 994. The minimum absolute atomic E-state index is 0.117. The highest BCUT2D eigenvalue weighted by atomic mass is 16.5. The van der Waals surface area contributed by atoms with Crippen molar-refractivity contribution in [3.63, 3.8) is 0 Å². The normalized spacial score (nSPS) is 41.5. The highest BCUT2D eigenvalue weighted by Crippen LogP contribution is 3.10. The first-order valence-corrected chi connectivity index (χ1v) is 10.3. The third-order valence-electron chi connectivity index (χ3n) is 8.66. The summed E-state index contributed by atoms with van der Waals surface area (Å²) in [5.41, 5.74) is -0.663. The SMILES string of the molecule is COc1ccc(OC(=O)C23C4C2C2C5C3C4C52C(=O)Oc2ccc(OC)cc2)cc1. The van der Waals surface area contributed by atoms with Crippen molar-refractivity contribution in [2.75, 3.05) is 14.2 Å². The predicted molar refractivity (Wildman–Crippen MR) is 103 cm³/mol. The van der Waals surface area contributed by atoms with Gasteiger partial charge >= 0.3 is 11.9 Å². The van der Waals surface area contributed by atoms with Gasteiger partial charge in [-0.15, -0.1) is 0 Å². The van der Waals surface area contributed by atoms with Gasteiger partial charge in [0, 0.05) is 0 Å². The van der Waals surface area contributed by atoms with Crippen LogP contribution in [0, 0.1) is 46.3 Å². The van der Waals surface area contributed by atoms with Gasteiger partial charge in [0.05, 0.1) is 25.0 Å². The van der Waals surface area contributed by atoms with Gasteiger partial charge in [-0.05, 0) is 84.0 Å². The molecule has 6 nitrogen and oxygen atoms in total. The van der Waals surface area contributed by atoms with Gasteiger partial charge in [0.15, 0.2) is 0 Å². The Morgan fingerprint density at radius 2 is 0.833 bits per heavy atom. The molecule has 0 amide bonds. The average molecular weight is 404 g/mol. The summed E-state index contributed by atoms with van der Waals surface area (Å²) in [6.45, 7) is 0. The Morgan fingerprint density at radius 1 is 0.567 bits per heavy atom. The monoisotopic (exact) mass is 404 g/mol. The van der Waals surface area contributed by atoms with Crippen LogP contribution in [0.3, 0.4) is 0 Å². The molecule has 8 rings (SSSR count). The molecule has 0 aromatic heterocycles. The summed E-state index contributed by atoms with van der Waals surface area (Å²) in [6.07, 6.45) is 0. The molecular weight excluding hydrogens is 384 g/mol. The highest BCUT2D eigenvalue weighted by molar-refractivity contribution is 5.98. The molecule has 6 aliphatic rings. The van der Waals surface area contributed by atoms with Crippen LogP contribution in [0.4, 0.5) is 0 Å². The number of esters is 2. The molecule has 0 unspecified atom stereocenters. The van der Waals surface area contributed by atoms with E-state index in [-0.39, 0.29) is 22.8 Å². The number of benzene rings is 2. The lowest BCUT2D eigenvalue weighted by Gasteiger charge is -2.54. The number of hydrogen-bond donors (Lipinski definition) is 0. The molecule has 152 valence electrons. The van der Waals surface area contributed by atoms with E-state index in [0.29, 0.717) is 47.0 Å². The third-order valence-corrected chi connectivity index (χ3v) is 8.66. The van der Waals surface area contributed by atoms with E-state index in [2.05, 4.69) is 0 Å². The summed E-state index contributed by atoms with van der Waals surface area (Å²) >= 11 is 0. The summed E-state index contributed by atoms with van der Waals surface area (Å²) in [5.74, 6) is 4.09. The van der Waals surface area contributed by atoms with E-state index >= 15 is 0 Å². The van der Waals surface area contributed by atoms with Crippen LogP contribution in [0.25, 0.3) is 0 Å². The summed E-state index contributed by atoms with van der Waals surface area (Å²) in [6, 6.07) is 14.2. The number of rotatable bonds is 6. The average Bonchev–Trinajstić information content (AvgIpc) is 3.51. The van der Waals surface area contributed by atoms with Gasteiger partial charge in [-0.25, -0.2) is 0 Å². The van der Waals surface area contributed by atoms with E-state index < -0.39 is 0 Å². The molecule has 6 aliphatic carbocycles. The Labute approximate surface area is 173 Å².